The summed E-state index contributed by atoms with van der Waals surface area (Å²) in [5.41, 5.74) is 10.7. The van der Waals surface area contributed by atoms with Crippen LogP contribution in [-0.4, -0.2) is 30.3 Å². The summed E-state index contributed by atoms with van der Waals surface area (Å²) in [5.74, 6) is 1.56. The molecule has 0 heterocycles. The Morgan fingerprint density at radius 2 is 1.88 bits per heavy atom. The van der Waals surface area contributed by atoms with Crippen molar-refractivity contribution in [3.8, 4) is 0 Å². The maximum atomic E-state index is 11.3. The monoisotopic (exact) mass is 463 g/mol. The van der Waals surface area contributed by atoms with Crippen molar-refractivity contribution in [3.05, 3.63) is 12.8 Å². The Labute approximate surface area is 190 Å². The molecule has 0 spiro atoms. The molecule has 1 atom stereocenters. The molecule has 0 fully saturated rings. The van der Waals surface area contributed by atoms with Gasteiger partial charge in [-0.05, 0) is 31.6 Å². The molecular formula is C18H38N4O2SY-2. The fourth-order valence-corrected chi connectivity index (χ4v) is 2.31. The molecule has 1 radical (unpaired) electrons. The number of urea groups is 1. The first-order chi connectivity index (χ1) is 11.8. The molecule has 0 rings (SSSR count). The van der Waals surface area contributed by atoms with Gasteiger partial charge in [0.15, 0.2) is 0 Å². The van der Waals surface area contributed by atoms with E-state index in [4.69, 9.17) is 11.5 Å². The number of unbranched alkanes of at least 4 members (excludes halogenated alkanes) is 2. The van der Waals surface area contributed by atoms with Gasteiger partial charge < -0.3 is 33.9 Å². The number of primary amides is 1. The van der Waals surface area contributed by atoms with E-state index in [0.29, 0.717) is 24.1 Å². The molecule has 6 nitrogen and oxygen atoms in total. The molecule has 0 bridgehead atoms. The van der Waals surface area contributed by atoms with E-state index in [1.165, 1.54) is 11.8 Å². The molecule has 0 aliphatic rings. The first kappa shape index (κ1) is 30.9. The Kier molecular flexibility index (Phi) is 27.5. The number of hydrogen-bond acceptors (Lipinski definition) is 4. The Morgan fingerprint density at radius 3 is 2.38 bits per heavy atom. The molecule has 0 saturated heterocycles. The maximum absolute atomic E-state index is 11.3. The number of rotatable bonds is 13. The first-order valence-electron chi connectivity index (χ1n) is 9.10. The van der Waals surface area contributed by atoms with E-state index in [1.807, 2.05) is 0 Å². The third kappa shape index (κ3) is 28.9. The summed E-state index contributed by atoms with van der Waals surface area (Å²) < 4.78 is 0. The summed E-state index contributed by atoms with van der Waals surface area (Å²) in [6.07, 6.45) is 10.5. The van der Waals surface area contributed by atoms with Crippen LogP contribution in [0.3, 0.4) is 0 Å². The molecule has 0 aromatic rings. The van der Waals surface area contributed by atoms with E-state index in [-0.39, 0.29) is 38.6 Å². The molecule has 153 valence electrons. The fraction of sp³-hybridized carbons (Fsp3) is 0.778. The number of nitrogens with one attached hydrogen (secondary N) is 2. The van der Waals surface area contributed by atoms with Crippen LogP contribution < -0.4 is 22.1 Å². The van der Waals surface area contributed by atoms with Gasteiger partial charge in [-0.3, -0.25) is 15.8 Å². The van der Waals surface area contributed by atoms with Gasteiger partial charge in [-0.15, -0.1) is 5.75 Å². The summed E-state index contributed by atoms with van der Waals surface area (Å²) >= 11 is 1.37. The first-order valence-corrected chi connectivity index (χ1v) is 10.3. The fourth-order valence-electron chi connectivity index (χ4n) is 2.11. The van der Waals surface area contributed by atoms with Crippen LogP contribution in [0.1, 0.15) is 65.7 Å². The quantitative estimate of drug-likeness (QED) is 0.248. The predicted molar refractivity (Wildman–Crippen MR) is 109 cm³/mol. The van der Waals surface area contributed by atoms with Gasteiger partial charge in [0.2, 0.25) is 5.91 Å². The molecule has 0 aromatic heterocycles. The molecule has 8 heteroatoms. The second-order valence-electron chi connectivity index (χ2n) is 6.42. The average molecular weight is 464 g/mol. The standard InChI is InChI=1S/C14H30N2O.C4H8N2OS.Y/c1-4-5-9-14(17)16-10-7-6-8-13(15)11-12(2)3;1-8-3-2-6-4(5)7;/h12-13H,4-11,15H2,1-3H3,(H,16,17);2H,1,3H2,(H3,5,6,7);/q;-2;. The molecule has 6 N–H and O–H groups in total. The Hall–Kier alpha value is 0.154. The van der Waals surface area contributed by atoms with Crippen LogP contribution in [0, 0.1) is 18.7 Å². The van der Waals surface area contributed by atoms with Crippen molar-refractivity contribution >= 4 is 23.7 Å². The van der Waals surface area contributed by atoms with Crippen molar-refractivity contribution < 1.29 is 42.3 Å². The molecule has 0 aliphatic heterocycles. The molecule has 26 heavy (non-hydrogen) atoms. The number of hydrogen-bond donors (Lipinski definition) is 4. The zero-order chi connectivity index (χ0) is 19.5. The van der Waals surface area contributed by atoms with Gasteiger partial charge >= 0.3 is 0 Å². The van der Waals surface area contributed by atoms with Crippen LogP contribution in [0.5, 0.6) is 0 Å². The SMILES string of the molecule is CCCCC(=O)NCCCCC(N)CC(C)C.[CH2-]SC[CH-]NC(N)=O.[Y]. The molecule has 0 saturated carbocycles. The number of carbonyl (C=O) groups excluding carboxylic acids is 2. The Morgan fingerprint density at radius 1 is 1.23 bits per heavy atom. The largest absolute Gasteiger partial charge is 0.487 e. The van der Waals surface area contributed by atoms with E-state index >= 15 is 0 Å². The van der Waals surface area contributed by atoms with Gasteiger partial charge in [0.05, 0.1) is 0 Å². The number of amides is 3. The summed E-state index contributed by atoms with van der Waals surface area (Å²) in [6.45, 7) is 8.86. The molecule has 3 amide bonds. The van der Waals surface area contributed by atoms with E-state index in [1.54, 1.807) is 6.54 Å². The minimum Gasteiger partial charge on any atom is -0.487 e. The van der Waals surface area contributed by atoms with Crippen LogP contribution in [0.2, 0.25) is 0 Å². The molecular weight excluding hydrogens is 425 g/mol. The minimum atomic E-state index is -0.529. The number of carbonyl (C=O) groups is 2. The van der Waals surface area contributed by atoms with Crippen LogP contribution in [0.15, 0.2) is 0 Å². The summed E-state index contributed by atoms with van der Waals surface area (Å²) in [4.78, 5) is 21.2. The van der Waals surface area contributed by atoms with E-state index in [0.717, 1.165) is 45.1 Å². The van der Waals surface area contributed by atoms with Crippen molar-refractivity contribution in [2.45, 2.75) is 71.8 Å². The van der Waals surface area contributed by atoms with Crippen LogP contribution in [-0.2, 0) is 37.5 Å². The van der Waals surface area contributed by atoms with Gasteiger partial charge in [-0.2, -0.15) is 0 Å². The van der Waals surface area contributed by atoms with Gasteiger partial charge in [-0.1, -0.05) is 33.6 Å². The maximum Gasteiger partial charge on any atom is 0.282 e. The minimum absolute atomic E-state index is 0. The Balaban J connectivity index is -0.000000498. The van der Waals surface area contributed by atoms with Gasteiger partial charge in [0.1, 0.15) is 0 Å². The van der Waals surface area contributed by atoms with Gasteiger partial charge in [0, 0.05) is 51.7 Å². The zero-order valence-electron chi connectivity index (χ0n) is 16.8. The van der Waals surface area contributed by atoms with Crippen LogP contribution >= 0.6 is 11.8 Å². The van der Waals surface area contributed by atoms with E-state index in [9.17, 15) is 9.59 Å². The summed E-state index contributed by atoms with van der Waals surface area (Å²) in [5, 5.41) is 5.25. The van der Waals surface area contributed by atoms with Gasteiger partial charge in [0.25, 0.3) is 6.03 Å². The normalized spacial score (nSPS) is 11.0. The number of nitrogens with two attached hydrogens (primary N) is 2. The van der Waals surface area contributed by atoms with Crippen molar-refractivity contribution in [1.29, 1.82) is 0 Å². The average Bonchev–Trinajstić information content (AvgIpc) is 2.52. The van der Waals surface area contributed by atoms with Crippen LogP contribution in [0.4, 0.5) is 4.79 Å². The molecule has 1 unspecified atom stereocenters. The van der Waals surface area contributed by atoms with Crippen molar-refractivity contribution in [2.24, 2.45) is 17.4 Å². The third-order valence-electron chi connectivity index (χ3n) is 3.30. The molecule has 0 aromatic carbocycles. The van der Waals surface area contributed by atoms with E-state index < -0.39 is 6.03 Å². The van der Waals surface area contributed by atoms with Crippen LogP contribution in [0.25, 0.3) is 0 Å². The predicted octanol–water partition coefficient (Wildman–Crippen LogP) is 3.18. The summed E-state index contributed by atoms with van der Waals surface area (Å²) in [6, 6.07) is -0.204. The van der Waals surface area contributed by atoms with Crippen molar-refractivity contribution in [2.75, 3.05) is 12.3 Å². The topological polar surface area (TPSA) is 110 Å². The number of thioether (sulfide) groups is 1. The Bertz CT molecular complexity index is 334. The second-order valence-corrected chi connectivity index (χ2v) is 7.16. The second kappa shape index (κ2) is 23.2. The molecule has 0 aliphatic carbocycles. The summed E-state index contributed by atoms with van der Waals surface area (Å²) in [7, 11) is 0. The zero-order valence-corrected chi connectivity index (χ0v) is 20.4. The van der Waals surface area contributed by atoms with Crippen molar-refractivity contribution in [1.82, 2.24) is 10.6 Å². The third-order valence-corrected chi connectivity index (χ3v) is 3.70. The smallest absolute Gasteiger partial charge is 0.282 e. The van der Waals surface area contributed by atoms with Crippen molar-refractivity contribution in [3.63, 3.8) is 0 Å². The van der Waals surface area contributed by atoms with E-state index in [2.05, 4.69) is 37.7 Å². The van der Waals surface area contributed by atoms with Gasteiger partial charge in [-0.25, -0.2) is 6.54 Å².